The number of nitrogens with zero attached hydrogens (tertiary/aromatic N) is 3. The third-order valence-electron chi connectivity index (χ3n) is 7.54. The molecule has 31 heavy (non-hydrogen) atoms. The van der Waals surface area contributed by atoms with Crippen LogP contribution in [0.25, 0.3) is 11.1 Å². The van der Waals surface area contributed by atoms with Crippen molar-refractivity contribution in [3.05, 3.63) is 47.2 Å². The molecule has 1 aromatic carbocycles. The predicted molar refractivity (Wildman–Crippen MR) is 120 cm³/mol. The van der Waals surface area contributed by atoms with Crippen LogP contribution in [0.3, 0.4) is 0 Å². The van der Waals surface area contributed by atoms with Crippen LogP contribution in [0, 0.1) is 5.92 Å². The maximum atomic E-state index is 6.56. The first-order chi connectivity index (χ1) is 15.1. The van der Waals surface area contributed by atoms with Gasteiger partial charge >= 0.3 is 0 Å². The maximum Gasteiger partial charge on any atom is 0.283 e. The fourth-order valence-electron chi connectivity index (χ4n) is 6.06. The average Bonchev–Trinajstić information content (AvgIpc) is 3.45. The summed E-state index contributed by atoms with van der Waals surface area (Å²) in [4.78, 5) is 11.9. The van der Waals surface area contributed by atoms with Gasteiger partial charge in [0.2, 0.25) is 0 Å². The highest BCUT2D eigenvalue weighted by molar-refractivity contribution is 6.30. The summed E-state index contributed by atoms with van der Waals surface area (Å²) >= 11 is 6.20. The molecule has 1 saturated heterocycles. The highest BCUT2D eigenvalue weighted by Gasteiger charge is 2.56. The van der Waals surface area contributed by atoms with Crippen LogP contribution in [0.2, 0.25) is 5.02 Å². The van der Waals surface area contributed by atoms with E-state index in [9.17, 15) is 0 Å². The van der Waals surface area contributed by atoms with E-state index >= 15 is 0 Å². The number of rotatable bonds is 2. The van der Waals surface area contributed by atoms with Crippen molar-refractivity contribution in [3.8, 4) is 16.9 Å². The number of nitrogens with two attached hydrogens (primary N) is 1. The van der Waals surface area contributed by atoms with Crippen LogP contribution in [0.5, 0.6) is 5.75 Å². The van der Waals surface area contributed by atoms with E-state index in [-0.39, 0.29) is 18.0 Å². The largest absolute Gasteiger partial charge is 0.490 e. The summed E-state index contributed by atoms with van der Waals surface area (Å²) in [5.41, 5.74) is 8.68. The Morgan fingerprint density at radius 2 is 1.97 bits per heavy atom. The molecule has 7 heteroatoms. The Labute approximate surface area is 187 Å². The molecule has 2 unspecified atom stereocenters. The van der Waals surface area contributed by atoms with E-state index in [2.05, 4.69) is 28.1 Å². The molecule has 4 heterocycles. The van der Waals surface area contributed by atoms with Gasteiger partial charge in [-0.1, -0.05) is 17.7 Å². The second kappa shape index (κ2) is 7.38. The molecule has 0 bridgehead atoms. The minimum atomic E-state index is -0.497. The molecule has 4 atom stereocenters. The van der Waals surface area contributed by atoms with Crippen molar-refractivity contribution in [3.63, 3.8) is 0 Å². The quantitative estimate of drug-likeness (QED) is 0.768. The van der Waals surface area contributed by atoms with Crippen molar-refractivity contribution in [2.24, 2.45) is 16.6 Å². The Kier molecular flexibility index (Phi) is 4.62. The Morgan fingerprint density at radius 3 is 2.74 bits per heavy atom. The lowest BCUT2D eigenvalue weighted by atomic mass is 9.66. The van der Waals surface area contributed by atoms with Gasteiger partial charge in [0, 0.05) is 35.5 Å². The van der Waals surface area contributed by atoms with E-state index < -0.39 is 5.54 Å². The zero-order valence-electron chi connectivity index (χ0n) is 17.5. The van der Waals surface area contributed by atoms with Crippen molar-refractivity contribution >= 4 is 17.6 Å². The molecule has 4 aliphatic rings. The number of aromatic nitrogens is 1. The summed E-state index contributed by atoms with van der Waals surface area (Å²) in [6, 6.07) is 9.10. The highest BCUT2D eigenvalue weighted by Crippen LogP contribution is 2.53. The molecule has 1 aliphatic carbocycles. The molecule has 1 aromatic heterocycles. The van der Waals surface area contributed by atoms with Gasteiger partial charge in [0.15, 0.2) is 0 Å². The number of ether oxygens (including phenoxy) is 2. The van der Waals surface area contributed by atoms with Gasteiger partial charge in [0.1, 0.15) is 24.0 Å². The SMILES string of the molecule is NC1=NC2(CO1)c1cc(-c3cncc(Cl)c3)ccc1OC1CC[C@@H](N3CCCC3)C[C@@H]12. The summed E-state index contributed by atoms with van der Waals surface area (Å²) in [6.45, 7) is 2.89. The van der Waals surface area contributed by atoms with Crippen LogP contribution in [0.15, 0.2) is 41.7 Å². The highest BCUT2D eigenvalue weighted by atomic mass is 35.5. The summed E-state index contributed by atoms with van der Waals surface area (Å²) in [5.74, 6) is 1.13. The van der Waals surface area contributed by atoms with Gasteiger partial charge in [-0.05, 0) is 69.0 Å². The molecule has 3 aliphatic heterocycles. The Morgan fingerprint density at radius 1 is 1.10 bits per heavy atom. The van der Waals surface area contributed by atoms with Crippen molar-refractivity contribution in [1.29, 1.82) is 0 Å². The molecule has 0 radical (unpaired) electrons. The lowest BCUT2D eigenvalue weighted by molar-refractivity contribution is -0.0193. The third kappa shape index (κ3) is 3.19. The monoisotopic (exact) mass is 438 g/mol. The number of aliphatic imine (C=N–C) groups is 1. The van der Waals surface area contributed by atoms with Crippen LogP contribution in [-0.4, -0.2) is 47.7 Å². The maximum absolute atomic E-state index is 6.56. The Balaban J connectivity index is 1.43. The standard InChI is InChI=1S/C24H27ClN4O2/c25-17-9-16(12-27-13-17)15-3-5-21-19(10-15)24(14-30-23(26)28-24)20-11-18(4-6-22(20)31-21)29-7-1-2-8-29/h3,5,9-10,12-13,18,20,22H,1-2,4,6-8,11,14H2,(H2,26,28)/t18-,20+,22?,24?/m1/s1. The van der Waals surface area contributed by atoms with Crippen LogP contribution in [0.1, 0.15) is 37.7 Å². The molecule has 2 N–H and O–H groups in total. The molecule has 6 rings (SSSR count). The number of fused-ring (bicyclic) bond motifs is 4. The minimum absolute atomic E-state index is 0.142. The number of hydrogen-bond acceptors (Lipinski definition) is 6. The summed E-state index contributed by atoms with van der Waals surface area (Å²) in [5, 5.41) is 0.619. The Hall–Kier alpha value is -2.31. The van der Waals surface area contributed by atoms with Crippen molar-refractivity contribution in [2.75, 3.05) is 19.7 Å². The van der Waals surface area contributed by atoms with E-state index in [1.165, 1.54) is 32.4 Å². The van der Waals surface area contributed by atoms with E-state index in [1.54, 1.807) is 6.20 Å². The summed E-state index contributed by atoms with van der Waals surface area (Å²) < 4.78 is 12.4. The molecule has 1 spiro atoms. The topological polar surface area (TPSA) is 73.0 Å². The number of halogens is 1. The van der Waals surface area contributed by atoms with E-state index in [0.717, 1.165) is 35.3 Å². The molecule has 2 fully saturated rings. The third-order valence-corrected chi connectivity index (χ3v) is 7.75. The predicted octanol–water partition coefficient (Wildman–Crippen LogP) is 3.97. The smallest absolute Gasteiger partial charge is 0.283 e. The molecular formula is C24H27ClN4O2. The van der Waals surface area contributed by atoms with Gasteiger partial charge in [0.05, 0.1) is 5.02 Å². The van der Waals surface area contributed by atoms with Crippen LogP contribution < -0.4 is 10.5 Å². The first kappa shape index (κ1) is 19.4. The summed E-state index contributed by atoms with van der Waals surface area (Å²) in [6.07, 6.45) is 9.52. The second-order valence-corrected chi connectivity index (χ2v) is 9.67. The van der Waals surface area contributed by atoms with E-state index in [4.69, 9.17) is 31.8 Å². The summed E-state index contributed by atoms with van der Waals surface area (Å²) in [7, 11) is 0. The molecular weight excluding hydrogens is 412 g/mol. The van der Waals surface area contributed by atoms with Crippen LogP contribution in [0.4, 0.5) is 0 Å². The molecule has 6 nitrogen and oxygen atoms in total. The van der Waals surface area contributed by atoms with Gasteiger partial charge < -0.3 is 20.1 Å². The van der Waals surface area contributed by atoms with Crippen LogP contribution in [-0.2, 0) is 10.3 Å². The Bertz CT molecular complexity index is 1040. The molecule has 2 aromatic rings. The van der Waals surface area contributed by atoms with E-state index in [0.29, 0.717) is 17.7 Å². The fourth-order valence-corrected chi connectivity index (χ4v) is 6.23. The van der Waals surface area contributed by atoms with Gasteiger partial charge in [-0.3, -0.25) is 4.98 Å². The number of hydrogen-bond donors (Lipinski definition) is 1. The zero-order valence-corrected chi connectivity index (χ0v) is 18.2. The first-order valence-electron chi connectivity index (χ1n) is 11.3. The normalized spacial score (nSPS) is 32.2. The lowest BCUT2D eigenvalue weighted by Gasteiger charge is -2.49. The van der Waals surface area contributed by atoms with Gasteiger partial charge in [-0.2, -0.15) is 0 Å². The molecule has 0 amide bonds. The average molecular weight is 439 g/mol. The second-order valence-electron chi connectivity index (χ2n) is 9.24. The number of likely N-dealkylation sites (tertiary alicyclic amines) is 1. The van der Waals surface area contributed by atoms with Gasteiger partial charge in [0.25, 0.3) is 6.02 Å². The van der Waals surface area contributed by atoms with Crippen LogP contribution >= 0.6 is 11.6 Å². The lowest BCUT2D eigenvalue weighted by Crippen LogP contribution is -2.54. The number of benzene rings is 1. The molecule has 162 valence electrons. The molecule has 1 saturated carbocycles. The van der Waals surface area contributed by atoms with Crippen molar-refractivity contribution in [2.45, 2.75) is 49.8 Å². The van der Waals surface area contributed by atoms with E-state index in [1.807, 2.05) is 12.3 Å². The fraction of sp³-hybridized carbons (Fsp3) is 0.500. The number of amidine groups is 1. The minimum Gasteiger partial charge on any atom is -0.490 e. The number of pyridine rings is 1. The van der Waals surface area contributed by atoms with Gasteiger partial charge in [-0.15, -0.1) is 0 Å². The first-order valence-corrected chi connectivity index (χ1v) is 11.6. The van der Waals surface area contributed by atoms with Crippen molar-refractivity contribution in [1.82, 2.24) is 9.88 Å². The van der Waals surface area contributed by atoms with Crippen molar-refractivity contribution < 1.29 is 9.47 Å². The zero-order chi connectivity index (χ0) is 21.0. The van der Waals surface area contributed by atoms with Gasteiger partial charge in [-0.25, -0.2) is 4.99 Å².